The predicted octanol–water partition coefficient (Wildman–Crippen LogP) is 3.95. The highest BCUT2D eigenvalue weighted by atomic mass is 32.2. The second-order valence-corrected chi connectivity index (χ2v) is 5.28. The molecule has 0 bridgehead atoms. The SMILES string of the molecule is CCSCc1ccc(NCc2ccccn2)cc1. The van der Waals surface area contributed by atoms with Gasteiger partial charge in [0, 0.05) is 17.6 Å². The van der Waals surface area contributed by atoms with E-state index in [9.17, 15) is 0 Å². The molecule has 0 aliphatic rings. The van der Waals surface area contributed by atoms with Crippen molar-refractivity contribution in [1.82, 2.24) is 4.98 Å². The quantitative estimate of drug-likeness (QED) is 0.849. The van der Waals surface area contributed by atoms with Gasteiger partial charge in [-0.3, -0.25) is 4.98 Å². The van der Waals surface area contributed by atoms with E-state index < -0.39 is 0 Å². The Balaban J connectivity index is 1.86. The Labute approximate surface area is 113 Å². The van der Waals surface area contributed by atoms with E-state index >= 15 is 0 Å². The number of thioether (sulfide) groups is 1. The Kier molecular flexibility index (Phi) is 5.09. The monoisotopic (exact) mass is 258 g/mol. The molecule has 1 heterocycles. The summed E-state index contributed by atoms with van der Waals surface area (Å²) in [6.07, 6.45) is 1.82. The molecular weight excluding hydrogens is 240 g/mol. The van der Waals surface area contributed by atoms with Crippen molar-refractivity contribution in [3.05, 3.63) is 59.9 Å². The Morgan fingerprint density at radius 1 is 1.11 bits per heavy atom. The first-order valence-electron chi connectivity index (χ1n) is 6.19. The fourth-order valence-electron chi connectivity index (χ4n) is 1.63. The highest BCUT2D eigenvalue weighted by Gasteiger charge is 1.96. The lowest BCUT2D eigenvalue weighted by molar-refractivity contribution is 1.05. The Hall–Kier alpha value is -1.48. The average molecular weight is 258 g/mol. The summed E-state index contributed by atoms with van der Waals surface area (Å²) in [4.78, 5) is 4.29. The van der Waals surface area contributed by atoms with Crippen LogP contribution in [0.3, 0.4) is 0 Å². The molecule has 0 unspecified atom stereocenters. The number of rotatable bonds is 6. The molecule has 18 heavy (non-hydrogen) atoms. The Bertz CT molecular complexity index is 454. The van der Waals surface area contributed by atoms with Crippen molar-refractivity contribution in [3.8, 4) is 0 Å². The number of hydrogen-bond acceptors (Lipinski definition) is 3. The van der Waals surface area contributed by atoms with Gasteiger partial charge < -0.3 is 5.32 Å². The summed E-state index contributed by atoms with van der Waals surface area (Å²) >= 11 is 1.95. The minimum absolute atomic E-state index is 0.768. The molecule has 2 rings (SSSR count). The number of nitrogens with one attached hydrogen (secondary N) is 1. The van der Waals surface area contributed by atoms with Crippen LogP contribution in [0.2, 0.25) is 0 Å². The van der Waals surface area contributed by atoms with Crippen molar-refractivity contribution in [2.45, 2.75) is 19.2 Å². The van der Waals surface area contributed by atoms with Crippen LogP contribution >= 0.6 is 11.8 Å². The van der Waals surface area contributed by atoms with Gasteiger partial charge in [0.15, 0.2) is 0 Å². The number of hydrogen-bond donors (Lipinski definition) is 1. The van der Waals surface area contributed by atoms with Gasteiger partial charge >= 0.3 is 0 Å². The zero-order valence-corrected chi connectivity index (χ0v) is 11.4. The number of benzene rings is 1. The summed E-state index contributed by atoms with van der Waals surface area (Å²) < 4.78 is 0. The molecule has 0 aliphatic heterocycles. The molecule has 94 valence electrons. The van der Waals surface area contributed by atoms with Crippen LogP contribution in [-0.2, 0) is 12.3 Å². The molecule has 0 fully saturated rings. The van der Waals surface area contributed by atoms with Crippen molar-refractivity contribution in [1.29, 1.82) is 0 Å². The zero-order chi connectivity index (χ0) is 12.6. The van der Waals surface area contributed by atoms with E-state index in [1.807, 2.05) is 36.2 Å². The van der Waals surface area contributed by atoms with Crippen molar-refractivity contribution in [2.24, 2.45) is 0 Å². The minimum Gasteiger partial charge on any atom is -0.379 e. The van der Waals surface area contributed by atoms with Crippen LogP contribution in [0.4, 0.5) is 5.69 Å². The molecule has 1 aromatic carbocycles. The molecular formula is C15H18N2S. The molecule has 0 atom stereocenters. The van der Waals surface area contributed by atoms with Crippen LogP contribution in [-0.4, -0.2) is 10.7 Å². The molecule has 2 nitrogen and oxygen atoms in total. The van der Waals surface area contributed by atoms with Crippen LogP contribution < -0.4 is 5.32 Å². The second kappa shape index (κ2) is 7.07. The largest absolute Gasteiger partial charge is 0.379 e. The van der Waals surface area contributed by atoms with Crippen LogP contribution in [0.25, 0.3) is 0 Å². The molecule has 0 amide bonds. The summed E-state index contributed by atoms with van der Waals surface area (Å²) in [5, 5.41) is 3.37. The maximum Gasteiger partial charge on any atom is 0.0594 e. The molecule has 0 saturated carbocycles. The lowest BCUT2D eigenvalue weighted by Gasteiger charge is -2.07. The van der Waals surface area contributed by atoms with E-state index in [2.05, 4.69) is 41.5 Å². The number of aromatic nitrogens is 1. The number of nitrogens with zero attached hydrogens (tertiary/aromatic N) is 1. The summed E-state index contributed by atoms with van der Waals surface area (Å²) in [6.45, 7) is 2.96. The summed E-state index contributed by atoms with van der Waals surface area (Å²) in [5.41, 5.74) is 3.58. The van der Waals surface area contributed by atoms with Crippen molar-refractivity contribution in [3.63, 3.8) is 0 Å². The normalized spacial score (nSPS) is 10.3. The lowest BCUT2D eigenvalue weighted by atomic mass is 10.2. The van der Waals surface area contributed by atoms with Crippen molar-refractivity contribution in [2.75, 3.05) is 11.1 Å². The minimum atomic E-state index is 0.768. The van der Waals surface area contributed by atoms with Crippen LogP contribution in [0, 0.1) is 0 Å². The molecule has 3 heteroatoms. The van der Waals surface area contributed by atoms with E-state index in [1.54, 1.807) is 0 Å². The molecule has 1 aromatic heterocycles. The highest BCUT2D eigenvalue weighted by Crippen LogP contribution is 2.15. The zero-order valence-electron chi connectivity index (χ0n) is 10.6. The van der Waals surface area contributed by atoms with Crippen molar-refractivity contribution < 1.29 is 0 Å². The predicted molar refractivity (Wildman–Crippen MR) is 79.8 cm³/mol. The van der Waals surface area contributed by atoms with Gasteiger partial charge in [-0.1, -0.05) is 25.1 Å². The van der Waals surface area contributed by atoms with Gasteiger partial charge in [-0.15, -0.1) is 0 Å². The fourth-order valence-corrected chi connectivity index (χ4v) is 2.27. The summed E-state index contributed by atoms with van der Waals surface area (Å²) in [5.74, 6) is 2.26. The number of anilines is 1. The molecule has 1 N–H and O–H groups in total. The maximum absolute atomic E-state index is 4.29. The van der Waals surface area contributed by atoms with Gasteiger partial charge in [-0.2, -0.15) is 11.8 Å². The van der Waals surface area contributed by atoms with Gasteiger partial charge in [-0.05, 0) is 35.6 Å². The first-order chi connectivity index (χ1) is 8.88. The van der Waals surface area contributed by atoms with Gasteiger partial charge in [0.2, 0.25) is 0 Å². The van der Waals surface area contributed by atoms with E-state index in [0.29, 0.717) is 0 Å². The smallest absolute Gasteiger partial charge is 0.0594 e. The van der Waals surface area contributed by atoms with Gasteiger partial charge in [0.1, 0.15) is 0 Å². The van der Waals surface area contributed by atoms with Crippen molar-refractivity contribution >= 4 is 17.4 Å². The van der Waals surface area contributed by atoms with E-state index in [4.69, 9.17) is 0 Å². The molecule has 0 radical (unpaired) electrons. The average Bonchev–Trinajstić information content (AvgIpc) is 2.45. The van der Waals surface area contributed by atoms with E-state index in [-0.39, 0.29) is 0 Å². The van der Waals surface area contributed by atoms with Gasteiger partial charge in [0.25, 0.3) is 0 Å². The first kappa shape index (κ1) is 13.0. The second-order valence-electron chi connectivity index (χ2n) is 4.01. The van der Waals surface area contributed by atoms with E-state index in [0.717, 1.165) is 23.7 Å². The van der Waals surface area contributed by atoms with Crippen LogP contribution in [0.1, 0.15) is 18.2 Å². The third-order valence-corrected chi connectivity index (χ3v) is 3.57. The van der Waals surface area contributed by atoms with Gasteiger partial charge in [-0.25, -0.2) is 0 Å². The Morgan fingerprint density at radius 3 is 2.61 bits per heavy atom. The third kappa shape index (κ3) is 4.08. The maximum atomic E-state index is 4.29. The third-order valence-electron chi connectivity index (χ3n) is 2.63. The summed E-state index contributed by atoms with van der Waals surface area (Å²) in [6, 6.07) is 14.6. The standard InChI is InChI=1S/C15H18N2S/c1-2-18-12-13-6-8-14(9-7-13)17-11-15-5-3-4-10-16-15/h3-10,17H,2,11-12H2,1H3. The molecule has 0 spiro atoms. The molecule has 0 saturated heterocycles. The Morgan fingerprint density at radius 2 is 1.94 bits per heavy atom. The number of pyridine rings is 1. The topological polar surface area (TPSA) is 24.9 Å². The van der Waals surface area contributed by atoms with Crippen LogP contribution in [0.5, 0.6) is 0 Å². The first-order valence-corrected chi connectivity index (χ1v) is 7.34. The lowest BCUT2D eigenvalue weighted by Crippen LogP contribution is -2.00. The fraction of sp³-hybridized carbons (Fsp3) is 0.267. The molecule has 2 aromatic rings. The van der Waals surface area contributed by atoms with E-state index in [1.165, 1.54) is 11.3 Å². The molecule has 0 aliphatic carbocycles. The summed E-state index contributed by atoms with van der Waals surface area (Å²) in [7, 11) is 0. The highest BCUT2D eigenvalue weighted by molar-refractivity contribution is 7.98. The van der Waals surface area contributed by atoms with Crippen LogP contribution in [0.15, 0.2) is 48.7 Å². The van der Waals surface area contributed by atoms with Gasteiger partial charge in [0.05, 0.1) is 12.2 Å².